The van der Waals surface area contributed by atoms with Crippen LogP contribution in [-0.4, -0.2) is 48.0 Å². The highest BCUT2D eigenvalue weighted by molar-refractivity contribution is 6.30. The van der Waals surface area contributed by atoms with Crippen LogP contribution in [0.5, 0.6) is 5.75 Å². The Bertz CT molecular complexity index is 592. The number of hydrogen-bond acceptors (Lipinski definition) is 4. The summed E-state index contributed by atoms with van der Waals surface area (Å²) in [5.74, 6) is 1.91. The molecule has 1 atom stereocenters. The van der Waals surface area contributed by atoms with Crippen molar-refractivity contribution >= 4 is 23.1 Å². The quantitative estimate of drug-likeness (QED) is 0.775. The van der Waals surface area contributed by atoms with Gasteiger partial charge in [-0.2, -0.15) is 0 Å². The van der Waals surface area contributed by atoms with Crippen LogP contribution in [0.25, 0.3) is 0 Å². The van der Waals surface area contributed by atoms with E-state index < -0.39 is 0 Å². The Morgan fingerprint density at radius 1 is 0.957 bits per heavy atom. The van der Waals surface area contributed by atoms with Crippen molar-refractivity contribution in [3.05, 3.63) is 23.2 Å². The predicted octanol–water partition coefficient (Wildman–Crippen LogP) is 4.06. The van der Waals surface area contributed by atoms with E-state index in [9.17, 15) is 0 Å². The lowest BCUT2D eigenvalue weighted by atomic mass is 10.1. The molecule has 0 amide bonds. The van der Waals surface area contributed by atoms with Gasteiger partial charge >= 0.3 is 0 Å². The van der Waals surface area contributed by atoms with Crippen LogP contribution < -0.4 is 4.74 Å². The van der Waals surface area contributed by atoms with Crippen molar-refractivity contribution in [1.29, 1.82) is 0 Å². The zero-order valence-corrected chi connectivity index (χ0v) is 14.3. The van der Waals surface area contributed by atoms with Crippen molar-refractivity contribution in [3.8, 4) is 5.75 Å². The van der Waals surface area contributed by atoms with Gasteiger partial charge < -0.3 is 9.64 Å². The Morgan fingerprint density at radius 2 is 1.65 bits per heavy atom. The van der Waals surface area contributed by atoms with Crippen molar-refractivity contribution in [3.63, 3.8) is 0 Å². The van der Waals surface area contributed by atoms with Gasteiger partial charge in [-0.3, -0.25) is 4.90 Å². The second-order valence-corrected chi connectivity index (χ2v) is 7.13. The van der Waals surface area contributed by atoms with Crippen LogP contribution in [0.2, 0.25) is 5.02 Å². The first-order valence-corrected chi connectivity index (χ1v) is 9.23. The highest BCUT2D eigenvalue weighted by Gasteiger charge is 2.34. The number of benzene rings is 1. The summed E-state index contributed by atoms with van der Waals surface area (Å²) in [5.41, 5.74) is 0.906. The van der Waals surface area contributed by atoms with Gasteiger partial charge in [0.25, 0.3) is 0 Å². The summed E-state index contributed by atoms with van der Waals surface area (Å²) in [6, 6.07) is 5.75. The van der Waals surface area contributed by atoms with Crippen LogP contribution in [0.4, 0.5) is 5.69 Å². The van der Waals surface area contributed by atoms with Crippen LogP contribution >= 0.6 is 11.6 Å². The number of amidine groups is 1. The van der Waals surface area contributed by atoms with Crippen molar-refractivity contribution in [2.24, 2.45) is 4.99 Å². The Kier molecular flexibility index (Phi) is 4.45. The van der Waals surface area contributed by atoms with Gasteiger partial charge in [-0.15, -0.1) is 0 Å². The Morgan fingerprint density at radius 3 is 2.39 bits per heavy atom. The lowest BCUT2D eigenvalue weighted by Gasteiger charge is -2.41. The molecule has 1 unspecified atom stereocenters. The lowest BCUT2D eigenvalue weighted by molar-refractivity contribution is 0.0486. The fourth-order valence-electron chi connectivity index (χ4n) is 3.77. The zero-order valence-electron chi connectivity index (χ0n) is 13.5. The van der Waals surface area contributed by atoms with E-state index in [1.54, 1.807) is 0 Å². The number of ether oxygens (including phenoxy) is 1. The van der Waals surface area contributed by atoms with E-state index in [-0.39, 0.29) is 6.23 Å². The summed E-state index contributed by atoms with van der Waals surface area (Å²) < 4.78 is 6.39. The Labute approximate surface area is 143 Å². The molecule has 1 aromatic carbocycles. The third-order valence-corrected chi connectivity index (χ3v) is 5.25. The van der Waals surface area contributed by atoms with E-state index >= 15 is 0 Å². The number of fused-ring (bicyclic) bond motifs is 1. The summed E-state index contributed by atoms with van der Waals surface area (Å²) in [6.07, 6.45) is 7.58. The Balaban J connectivity index is 1.67. The van der Waals surface area contributed by atoms with E-state index in [1.807, 2.05) is 18.2 Å². The van der Waals surface area contributed by atoms with Gasteiger partial charge in [0.1, 0.15) is 11.4 Å². The average molecular weight is 334 g/mol. The number of nitrogens with zero attached hydrogens (tertiary/aromatic N) is 3. The molecule has 0 aromatic heterocycles. The minimum absolute atomic E-state index is 0.0561. The first-order valence-electron chi connectivity index (χ1n) is 8.85. The van der Waals surface area contributed by atoms with Gasteiger partial charge in [-0.1, -0.05) is 18.0 Å². The van der Waals surface area contributed by atoms with E-state index in [2.05, 4.69) is 9.80 Å². The zero-order chi connectivity index (χ0) is 15.6. The molecule has 3 heterocycles. The maximum absolute atomic E-state index is 6.39. The topological polar surface area (TPSA) is 28.1 Å². The predicted molar refractivity (Wildman–Crippen MR) is 93.8 cm³/mol. The molecule has 23 heavy (non-hydrogen) atoms. The van der Waals surface area contributed by atoms with Gasteiger partial charge in [0, 0.05) is 37.3 Å². The molecule has 124 valence electrons. The van der Waals surface area contributed by atoms with E-state index in [0.717, 1.165) is 43.5 Å². The van der Waals surface area contributed by atoms with Crippen LogP contribution in [0.3, 0.4) is 0 Å². The third kappa shape index (κ3) is 3.20. The molecule has 0 spiro atoms. The lowest BCUT2D eigenvalue weighted by Crippen LogP contribution is -2.55. The van der Waals surface area contributed by atoms with Gasteiger partial charge in [-0.05, 0) is 44.2 Å². The van der Waals surface area contributed by atoms with E-state index in [0.29, 0.717) is 5.02 Å². The van der Waals surface area contributed by atoms with E-state index in [4.69, 9.17) is 21.3 Å². The SMILES string of the molecule is Clc1ccc2c(c1)OC(N1CCCCC1)C(N1CCCCC1)=N2. The number of rotatable bonds is 1. The molecule has 3 aliphatic heterocycles. The number of hydrogen-bond donors (Lipinski definition) is 0. The molecule has 2 fully saturated rings. The fourth-order valence-corrected chi connectivity index (χ4v) is 3.93. The number of piperidine rings is 2. The number of aliphatic imine (C=N–C) groups is 1. The smallest absolute Gasteiger partial charge is 0.211 e. The highest BCUT2D eigenvalue weighted by Crippen LogP contribution is 2.37. The average Bonchev–Trinajstić information content (AvgIpc) is 2.62. The molecule has 4 nitrogen and oxygen atoms in total. The molecule has 0 saturated carbocycles. The summed E-state index contributed by atoms with van der Waals surface area (Å²) in [5, 5.41) is 0.706. The standard InChI is InChI=1S/C18H24ClN3O/c19-14-7-8-15-16(13-14)23-18(22-11-5-2-6-12-22)17(20-15)21-9-3-1-4-10-21/h7-8,13,18H,1-6,9-12H2. The van der Waals surface area contributed by atoms with Crippen LogP contribution in [-0.2, 0) is 0 Å². The van der Waals surface area contributed by atoms with Gasteiger partial charge in [0.2, 0.25) is 6.23 Å². The molecule has 0 radical (unpaired) electrons. The second kappa shape index (κ2) is 6.70. The first kappa shape index (κ1) is 15.3. The molecule has 0 N–H and O–H groups in total. The van der Waals surface area contributed by atoms with E-state index in [1.165, 1.54) is 38.5 Å². The maximum Gasteiger partial charge on any atom is 0.211 e. The molecular weight excluding hydrogens is 310 g/mol. The second-order valence-electron chi connectivity index (χ2n) is 6.70. The van der Waals surface area contributed by atoms with Crippen LogP contribution in [0.15, 0.2) is 23.2 Å². The van der Waals surface area contributed by atoms with Gasteiger partial charge in [-0.25, -0.2) is 4.99 Å². The van der Waals surface area contributed by atoms with Crippen molar-refractivity contribution in [1.82, 2.24) is 9.80 Å². The molecule has 4 rings (SSSR count). The summed E-state index contributed by atoms with van der Waals surface area (Å²) >= 11 is 6.14. The third-order valence-electron chi connectivity index (χ3n) is 5.02. The highest BCUT2D eigenvalue weighted by atomic mass is 35.5. The summed E-state index contributed by atoms with van der Waals surface area (Å²) in [6.45, 7) is 4.37. The minimum atomic E-state index is -0.0561. The molecule has 1 aromatic rings. The van der Waals surface area contributed by atoms with Crippen molar-refractivity contribution in [2.75, 3.05) is 26.2 Å². The maximum atomic E-state index is 6.39. The molecule has 2 saturated heterocycles. The summed E-state index contributed by atoms with van der Waals surface area (Å²) in [7, 11) is 0. The molecular formula is C18H24ClN3O. The monoisotopic (exact) mass is 333 g/mol. The summed E-state index contributed by atoms with van der Waals surface area (Å²) in [4.78, 5) is 9.86. The minimum Gasteiger partial charge on any atom is -0.465 e. The normalized spacial score (nSPS) is 25.5. The molecule has 0 bridgehead atoms. The van der Waals surface area contributed by atoms with Crippen molar-refractivity contribution < 1.29 is 4.74 Å². The molecule has 5 heteroatoms. The fraction of sp³-hybridized carbons (Fsp3) is 0.611. The van der Waals surface area contributed by atoms with Crippen LogP contribution in [0, 0.1) is 0 Å². The van der Waals surface area contributed by atoms with Gasteiger partial charge in [0.15, 0.2) is 5.84 Å². The number of likely N-dealkylation sites (tertiary alicyclic amines) is 2. The first-order chi connectivity index (χ1) is 11.3. The largest absolute Gasteiger partial charge is 0.465 e. The Hall–Kier alpha value is -1.26. The number of halogens is 1. The van der Waals surface area contributed by atoms with Gasteiger partial charge in [0.05, 0.1) is 0 Å². The molecule has 0 aliphatic carbocycles. The van der Waals surface area contributed by atoms with Crippen molar-refractivity contribution in [2.45, 2.75) is 44.8 Å². The van der Waals surface area contributed by atoms with Crippen LogP contribution in [0.1, 0.15) is 38.5 Å². The molecule has 3 aliphatic rings.